The SMILES string of the molecule is CC(C#N)N1C(C)(C)CC(NC(=O)CCC(=O)NN)CC1(C)C. The molecule has 7 heteroatoms. The number of nitrogens with two attached hydrogens (primary N) is 1. The molecular weight excluding hydrogens is 294 g/mol. The Labute approximate surface area is 138 Å². The third kappa shape index (κ3) is 4.91. The van der Waals surface area contributed by atoms with Crippen LogP contribution in [0, 0.1) is 11.3 Å². The van der Waals surface area contributed by atoms with Gasteiger partial charge < -0.3 is 5.32 Å². The van der Waals surface area contributed by atoms with Crippen LogP contribution in [0.2, 0.25) is 0 Å². The lowest BCUT2D eigenvalue weighted by atomic mass is 9.76. The lowest BCUT2D eigenvalue weighted by molar-refractivity contribution is -0.128. The Balaban J connectivity index is 2.74. The fraction of sp³-hybridized carbons (Fsp3) is 0.812. The quantitative estimate of drug-likeness (QED) is 0.394. The van der Waals surface area contributed by atoms with Crippen molar-refractivity contribution in [3.05, 3.63) is 0 Å². The molecule has 1 saturated heterocycles. The highest BCUT2D eigenvalue weighted by Crippen LogP contribution is 2.39. The highest BCUT2D eigenvalue weighted by atomic mass is 16.2. The van der Waals surface area contributed by atoms with Crippen LogP contribution in [-0.2, 0) is 9.59 Å². The van der Waals surface area contributed by atoms with Crippen molar-refractivity contribution >= 4 is 11.8 Å². The Bertz CT molecular complexity index is 477. The molecule has 0 spiro atoms. The topological polar surface area (TPSA) is 111 Å². The first-order valence-electron chi connectivity index (χ1n) is 8.01. The fourth-order valence-corrected chi connectivity index (χ4v) is 4.10. The standard InChI is InChI=1S/C16H29N5O2/c1-11(10-17)21-15(2,3)8-12(9-16(21,4)5)19-13(22)6-7-14(23)20-18/h11-12H,6-9,18H2,1-5H3,(H,19,22)(H,20,23). The van der Waals surface area contributed by atoms with Gasteiger partial charge in [-0.2, -0.15) is 5.26 Å². The number of carbonyl (C=O) groups is 2. The van der Waals surface area contributed by atoms with E-state index in [9.17, 15) is 14.9 Å². The van der Waals surface area contributed by atoms with Crippen molar-refractivity contribution in [3.63, 3.8) is 0 Å². The molecule has 1 heterocycles. The number of hydrogen-bond acceptors (Lipinski definition) is 5. The van der Waals surface area contributed by atoms with E-state index in [-0.39, 0.29) is 47.8 Å². The Morgan fingerprint density at radius 3 is 2.13 bits per heavy atom. The minimum absolute atomic E-state index is 0.0237. The third-order valence-electron chi connectivity index (χ3n) is 4.48. The molecule has 0 aromatic carbocycles. The second-order valence-electron chi connectivity index (χ2n) is 7.54. The summed E-state index contributed by atoms with van der Waals surface area (Å²) in [6.45, 7) is 10.3. The van der Waals surface area contributed by atoms with E-state index in [2.05, 4.69) is 44.0 Å². The van der Waals surface area contributed by atoms with Crippen molar-refractivity contribution in [2.45, 2.75) is 83.5 Å². The molecular formula is C16H29N5O2. The van der Waals surface area contributed by atoms with Gasteiger partial charge in [-0.05, 0) is 47.5 Å². The second kappa shape index (κ2) is 7.28. The fourth-order valence-electron chi connectivity index (χ4n) is 4.10. The van der Waals surface area contributed by atoms with E-state index in [0.717, 1.165) is 12.8 Å². The number of carbonyl (C=O) groups excluding carboxylic acids is 2. The van der Waals surface area contributed by atoms with Crippen LogP contribution in [0.5, 0.6) is 0 Å². The van der Waals surface area contributed by atoms with Gasteiger partial charge in [0.05, 0.1) is 12.1 Å². The molecule has 1 fully saturated rings. The summed E-state index contributed by atoms with van der Waals surface area (Å²) < 4.78 is 0. The molecule has 1 atom stereocenters. The summed E-state index contributed by atoms with van der Waals surface area (Å²) in [5.74, 6) is 4.51. The first-order valence-corrected chi connectivity index (χ1v) is 8.01. The zero-order chi connectivity index (χ0) is 17.8. The summed E-state index contributed by atoms with van der Waals surface area (Å²) in [6, 6.07) is 2.16. The molecule has 0 saturated carbocycles. The predicted molar refractivity (Wildman–Crippen MR) is 87.8 cm³/mol. The second-order valence-corrected chi connectivity index (χ2v) is 7.54. The number of hydrogen-bond donors (Lipinski definition) is 3. The zero-order valence-electron chi connectivity index (χ0n) is 14.8. The number of rotatable bonds is 5. The van der Waals surface area contributed by atoms with Crippen LogP contribution in [0.25, 0.3) is 0 Å². The van der Waals surface area contributed by atoms with Crippen molar-refractivity contribution in [2.75, 3.05) is 0 Å². The zero-order valence-corrected chi connectivity index (χ0v) is 14.8. The summed E-state index contributed by atoms with van der Waals surface area (Å²) in [5, 5.41) is 12.3. The number of likely N-dealkylation sites (tertiary alicyclic amines) is 1. The number of nitrogens with zero attached hydrogens (tertiary/aromatic N) is 2. The molecule has 0 aromatic heterocycles. The number of piperidine rings is 1. The maximum absolute atomic E-state index is 12.0. The maximum Gasteiger partial charge on any atom is 0.234 e. The first kappa shape index (κ1) is 19.4. The normalized spacial score (nSPS) is 22.0. The summed E-state index contributed by atoms with van der Waals surface area (Å²) in [4.78, 5) is 25.4. The summed E-state index contributed by atoms with van der Waals surface area (Å²) in [6.07, 6.45) is 1.73. The number of amides is 2. The van der Waals surface area contributed by atoms with Crippen LogP contribution in [0.4, 0.5) is 0 Å². The summed E-state index contributed by atoms with van der Waals surface area (Å²) >= 11 is 0. The van der Waals surface area contributed by atoms with E-state index < -0.39 is 0 Å². The molecule has 0 radical (unpaired) electrons. The smallest absolute Gasteiger partial charge is 0.234 e. The van der Waals surface area contributed by atoms with Crippen molar-refractivity contribution in [3.8, 4) is 6.07 Å². The molecule has 1 unspecified atom stereocenters. The van der Waals surface area contributed by atoms with Gasteiger partial charge in [0.1, 0.15) is 0 Å². The minimum Gasteiger partial charge on any atom is -0.353 e. The van der Waals surface area contributed by atoms with Gasteiger partial charge in [0, 0.05) is 30.0 Å². The molecule has 0 aliphatic carbocycles. The van der Waals surface area contributed by atoms with E-state index in [0.29, 0.717) is 0 Å². The lowest BCUT2D eigenvalue weighted by Gasteiger charge is -2.56. The van der Waals surface area contributed by atoms with Crippen molar-refractivity contribution < 1.29 is 9.59 Å². The molecule has 1 aliphatic rings. The molecule has 130 valence electrons. The molecule has 23 heavy (non-hydrogen) atoms. The van der Waals surface area contributed by atoms with E-state index in [1.807, 2.05) is 12.3 Å². The van der Waals surface area contributed by atoms with Crippen LogP contribution in [0.1, 0.15) is 60.3 Å². The lowest BCUT2D eigenvalue weighted by Crippen LogP contribution is -2.66. The van der Waals surface area contributed by atoms with Crippen LogP contribution >= 0.6 is 0 Å². The van der Waals surface area contributed by atoms with Crippen molar-refractivity contribution in [1.29, 1.82) is 5.26 Å². The largest absolute Gasteiger partial charge is 0.353 e. The number of nitriles is 1. The first-order chi connectivity index (χ1) is 10.5. The van der Waals surface area contributed by atoms with Crippen LogP contribution < -0.4 is 16.6 Å². The molecule has 1 aliphatic heterocycles. The molecule has 4 N–H and O–H groups in total. The predicted octanol–water partition coefficient (Wildman–Crippen LogP) is 0.806. The Hall–Kier alpha value is -1.65. The maximum atomic E-state index is 12.0. The summed E-state index contributed by atoms with van der Waals surface area (Å²) in [7, 11) is 0. The average Bonchev–Trinajstić information content (AvgIpc) is 2.41. The van der Waals surface area contributed by atoms with Gasteiger partial charge in [-0.15, -0.1) is 0 Å². The van der Waals surface area contributed by atoms with E-state index >= 15 is 0 Å². The van der Waals surface area contributed by atoms with E-state index in [1.54, 1.807) is 0 Å². The van der Waals surface area contributed by atoms with Crippen LogP contribution in [0.15, 0.2) is 0 Å². The Kier molecular flexibility index (Phi) is 6.14. The molecule has 7 nitrogen and oxygen atoms in total. The molecule has 2 amide bonds. The van der Waals surface area contributed by atoms with Crippen molar-refractivity contribution in [1.82, 2.24) is 15.6 Å². The monoisotopic (exact) mass is 323 g/mol. The van der Waals surface area contributed by atoms with Crippen molar-refractivity contribution in [2.24, 2.45) is 5.84 Å². The average molecular weight is 323 g/mol. The Morgan fingerprint density at radius 1 is 1.22 bits per heavy atom. The molecule has 1 rings (SSSR count). The number of hydrazine groups is 1. The molecule has 0 aromatic rings. The van der Waals surface area contributed by atoms with Gasteiger partial charge in [-0.3, -0.25) is 19.9 Å². The van der Waals surface area contributed by atoms with Gasteiger partial charge in [0.15, 0.2) is 0 Å². The highest BCUT2D eigenvalue weighted by molar-refractivity contribution is 5.83. The molecule has 0 bridgehead atoms. The van der Waals surface area contributed by atoms with Gasteiger partial charge in [0.25, 0.3) is 0 Å². The number of nitrogens with one attached hydrogen (secondary N) is 2. The van der Waals surface area contributed by atoms with Crippen LogP contribution in [0.3, 0.4) is 0 Å². The van der Waals surface area contributed by atoms with Gasteiger partial charge in [-0.1, -0.05) is 0 Å². The minimum atomic E-state index is -0.349. The Morgan fingerprint density at radius 2 is 1.70 bits per heavy atom. The van der Waals surface area contributed by atoms with E-state index in [4.69, 9.17) is 5.84 Å². The van der Waals surface area contributed by atoms with Gasteiger partial charge in [-0.25, -0.2) is 5.84 Å². The van der Waals surface area contributed by atoms with Gasteiger partial charge >= 0.3 is 0 Å². The summed E-state index contributed by atoms with van der Waals surface area (Å²) in [5.41, 5.74) is 1.61. The third-order valence-corrected chi connectivity index (χ3v) is 4.48. The highest BCUT2D eigenvalue weighted by Gasteiger charge is 2.47. The van der Waals surface area contributed by atoms with Gasteiger partial charge in [0.2, 0.25) is 11.8 Å². The van der Waals surface area contributed by atoms with E-state index in [1.165, 1.54) is 0 Å². The van der Waals surface area contributed by atoms with Crippen LogP contribution in [-0.4, -0.2) is 39.9 Å².